The molecule has 6 nitrogen and oxygen atoms in total. The van der Waals surface area contributed by atoms with Crippen LogP contribution in [-0.4, -0.2) is 23.5 Å². The van der Waals surface area contributed by atoms with E-state index in [0.29, 0.717) is 24.4 Å². The highest BCUT2D eigenvalue weighted by molar-refractivity contribution is 5.95. The minimum absolute atomic E-state index is 0.0946. The molecule has 0 saturated heterocycles. The number of carbonyl (C=O) groups is 2. The quantitative estimate of drug-likeness (QED) is 0.759. The fraction of sp³-hybridized carbons (Fsp3) is 0.200. The minimum Gasteiger partial charge on any atom is -0.475 e. The summed E-state index contributed by atoms with van der Waals surface area (Å²) in [5, 5.41) is 14.6. The number of rotatable bonds is 6. The molecule has 0 saturated carbocycles. The molecule has 0 spiro atoms. The van der Waals surface area contributed by atoms with E-state index >= 15 is 0 Å². The van der Waals surface area contributed by atoms with Crippen LogP contribution in [0.3, 0.4) is 0 Å². The van der Waals surface area contributed by atoms with Crippen LogP contribution in [0.4, 0.5) is 5.69 Å². The van der Waals surface area contributed by atoms with Gasteiger partial charge in [-0.2, -0.15) is 0 Å². The number of aromatic carboxylic acids is 1. The summed E-state index contributed by atoms with van der Waals surface area (Å²) in [4.78, 5) is 22.4. The standard InChI is InChI=1S/C15H16N2O4/c1-2-16-14(18)10-4-3-5-11(8-10)17-9-12-6-7-13(21-12)15(19)20/h3-8,17H,2,9H2,1H3,(H,16,18)(H,19,20). The van der Waals surface area contributed by atoms with Gasteiger partial charge in [-0.1, -0.05) is 6.07 Å². The molecule has 0 fully saturated rings. The van der Waals surface area contributed by atoms with E-state index in [4.69, 9.17) is 9.52 Å². The first kappa shape index (κ1) is 14.6. The fourth-order valence-electron chi connectivity index (χ4n) is 1.81. The molecular weight excluding hydrogens is 272 g/mol. The second kappa shape index (κ2) is 6.60. The summed E-state index contributed by atoms with van der Waals surface area (Å²) in [7, 11) is 0. The number of carbonyl (C=O) groups excluding carboxylic acids is 1. The van der Waals surface area contributed by atoms with Crippen LogP contribution in [0.25, 0.3) is 0 Å². The number of nitrogens with one attached hydrogen (secondary N) is 2. The number of hydrogen-bond acceptors (Lipinski definition) is 4. The lowest BCUT2D eigenvalue weighted by atomic mass is 10.2. The van der Waals surface area contributed by atoms with Gasteiger partial charge in [-0.3, -0.25) is 4.79 Å². The zero-order valence-corrected chi connectivity index (χ0v) is 11.6. The first-order valence-electron chi connectivity index (χ1n) is 6.54. The third-order valence-corrected chi connectivity index (χ3v) is 2.80. The highest BCUT2D eigenvalue weighted by Crippen LogP contribution is 2.14. The van der Waals surface area contributed by atoms with Gasteiger partial charge in [-0.25, -0.2) is 4.79 Å². The molecule has 0 aliphatic carbocycles. The van der Waals surface area contributed by atoms with Gasteiger partial charge in [0.05, 0.1) is 6.54 Å². The lowest BCUT2D eigenvalue weighted by Gasteiger charge is -2.07. The van der Waals surface area contributed by atoms with E-state index in [2.05, 4.69) is 10.6 Å². The molecule has 1 aromatic carbocycles. The van der Waals surface area contributed by atoms with Gasteiger partial charge in [-0.05, 0) is 37.3 Å². The summed E-state index contributed by atoms with van der Waals surface area (Å²) < 4.78 is 5.14. The molecule has 2 rings (SSSR count). The van der Waals surface area contributed by atoms with Gasteiger partial charge >= 0.3 is 5.97 Å². The molecule has 0 unspecified atom stereocenters. The second-order valence-electron chi connectivity index (χ2n) is 4.36. The lowest BCUT2D eigenvalue weighted by Crippen LogP contribution is -2.22. The van der Waals surface area contributed by atoms with Crippen LogP contribution in [0.1, 0.15) is 33.6 Å². The van der Waals surface area contributed by atoms with Crippen molar-refractivity contribution in [2.75, 3.05) is 11.9 Å². The Morgan fingerprint density at radius 3 is 2.71 bits per heavy atom. The normalized spacial score (nSPS) is 10.1. The molecule has 6 heteroatoms. The molecule has 110 valence electrons. The Hall–Kier alpha value is -2.76. The summed E-state index contributed by atoms with van der Waals surface area (Å²) in [6.07, 6.45) is 0. The van der Waals surface area contributed by atoms with Crippen molar-refractivity contribution in [2.24, 2.45) is 0 Å². The number of benzene rings is 1. The van der Waals surface area contributed by atoms with E-state index in [-0.39, 0.29) is 11.7 Å². The molecule has 2 aromatic rings. The van der Waals surface area contributed by atoms with Gasteiger partial charge < -0.3 is 20.2 Å². The van der Waals surface area contributed by atoms with Crippen molar-refractivity contribution in [1.29, 1.82) is 0 Å². The predicted molar refractivity (Wildman–Crippen MR) is 77.4 cm³/mol. The number of amides is 1. The molecule has 0 bridgehead atoms. The van der Waals surface area contributed by atoms with Crippen LogP contribution in [0.15, 0.2) is 40.8 Å². The number of furan rings is 1. The van der Waals surface area contributed by atoms with Gasteiger partial charge in [0.25, 0.3) is 5.91 Å². The maximum atomic E-state index is 11.7. The Balaban J connectivity index is 2.01. The Kier molecular flexibility index (Phi) is 4.61. The van der Waals surface area contributed by atoms with E-state index in [1.807, 2.05) is 13.0 Å². The van der Waals surface area contributed by atoms with Gasteiger partial charge in [-0.15, -0.1) is 0 Å². The van der Waals surface area contributed by atoms with E-state index in [1.54, 1.807) is 24.3 Å². The van der Waals surface area contributed by atoms with Crippen molar-refractivity contribution in [3.8, 4) is 0 Å². The summed E-state index contributed by atoms with van der Waals surface area (Å²) in [6.45, 7) is 2.77. The van der Waals surface area contributed by atoms with Crippen molar-refractivity contribution in [1.82, 2.24) is 5.32 Å². The van der Waals surface area contributed by atoms with Crippen molar-refractivity contribution in [3.63, 3.8) is 0 Å². The summed E-state index contributed by atoms with van der Waals surface area (Å²) in [6, 6.07) is 10.1. The van der Waals surface area contributed by atoms with E-state index < -0.39 is 5.97 Å². The van der Waals surface area contributed by atoms with E-state index in [9.17, 15) is 9.59 Å². The van der Waals surface area contributed by atoms with Crippen LogP contribution in [0, 0.1) is 0 Å². The highest BCUT2D eigenvalue weighted by atomic mass is 16.4. The summed E-state index contributed by atoms with van der Waals surface area (Å²) >= 11 is 0. The molecule has 1 amide bonds. The Labute approximate surface area is 121 Å². The molecule has 0 aliphatic heterocycles. The van der Waals surface area contributed by atoms with Crippen molar-refractivity contribution in [3.05, 3.63) is 53.5 Å². The molecule has 1 heterocycles. The summed E-state index contributed by atoms with van der Waals surface area (Å²) in [5.41, 5.74) is 1.32. The molecule has 0 radical (unpaired) electrons. The van der Waals surface area contributed by atoms with Crippen LogP contribution in [0.5, 0.6) is 0 Å². The van der Waals surface area contributed by atoms with Crippen molar-refractivity contribution >= 4 is 17.6 Å². The molecule has 0 atom stereocenters. The first-order valence-corrected chi connectivity index (χ1v) is 6.54. The zero-order chi connectivity index (χ0) is 15.2. The Morgan fingerprint density at radius 2 is 2.05 bits per heavy atom. The van der Waals surface area contributed by atoms with Crippen LogP contribution in [-0.2, 0) is 6.54 Å². The monoisotopic (exact) mass is 288 g/mol. The maximum absolute atomic E-state index is 11.7. The number of carboxylic acid groups (broad SMARTS) is 1. The van der Waals surface area contributed by atoms with Crippen LogP contribution < -0.4 is 10.6 Å². The van der Waals surface area contributed by atoms with E-state index in [0.717, 1.165) is 5.69 Å². The van der Waals surface area contributed by atoms with Crippen molar-refractivity contribution in [2.45, 2.75) is 13.5 Å². The van der Waals surface area contributed by atoms with Gasteiger partial charge in [0.1, 0.15) is 5.76 Å². The molecule has 0 aliphatic rings. The van der Waals surface area contributed by atoms with Gasteiger partial charge in [0.2, 0.25) is 5.76 Å². The average Bonchev–Trinajstić information content (AvgIpc) is 2.95. The number of hydrogen-bond donors (Lipinski definition) is 3. The van der Waals surface area contributed by atoms with Crippen LogP contribution in [0.2, 0.25) is 0 Å². The SMILES string of the molecule is CCNC(=O)c1cccc(NCc2ccc(C(=O)O)o2)c1. The predicted octanol–water partition coefficient (Wildman–Crippen LogP) is 2.34. The Bertz CT molecular complexity index is 649. The highest BCUT2D eigenvalue weighted by Gasteiger charge is 2.09. The van der Waals surface area contributed by atoms with Gasteiger partial charge in [0, 0.05) is 17.8 Å². The number of carboxylic acids is 1. The Morgan fingerprint density at radius 1 is 1.24 bits per heavy atom. The molecular formula is C15H16N2O4. The maximum Gasteiger partial charge on any atom is 0.371 e. The lowest BCUT2D eigenvalue weighted by molar-refractivity contribution is 0.0660. The van der Waals surface area contributed by atoms with E-state index in [1.165, 1.54) is 6.07 Å². The fourth-order valence-corrected chi connectivity index (χ4v) is 1.81. The molecule has 21 heavy (non-hydrogen) atoms. The minimum atomic E-state index is -1.10. The molecule has 3 N–H and O–H groups in total. The second-order valence-corrected chi connectivity index (χ2v) is 4.36. The average molecular weight is 288 g/mol. The molecule has 1 aromatic heterocycles. The third-order valence-electron chi connectivity index (χ3n) is 2.80. The first-order chi connectivity index (χ1) is 10.1. The topological polar surface area (TPSA) is 91.6 Å². The third kappa shape index (κ3) is 3.85. The zero-order valence-electron chi connectivity index (χ0n) is 11.6. The smallest absolute Gasteiger partial charge is 0.371 e. The number of anilines is 1. The largest absolute Gasteiger partial charge is 0.475 e. The van der Waals surface area contributed by atoms with Gasteiger partial charge in [0.15, 0.2) is 0 Å². The van der Waals surface area contributed by atoms with Crippen LogP contribution >= 0.6 is 0 Å². The summed E-state index contributed by atoms with van der Waals surface area (Å²) in [5.74, 6) is -0.814. The van der Waals surface area contributed by atoms with Crippen molar-refractivity contribution < 1.29 is 19.1 Å².